The molecular weight excluding hydrogens is 238 g/mol. The van der Waals surface area contributed by atoms with Gasteiger partial charge in [-0.25, -0.2) is 0 Å². The van der Waals surface area contributed by atoms with Crippen molar-refractivity contribution >= 4 is 17.5 Å². The lowest BCUT2D eigenvalue weighted by atomic mass is 10.1. The Hall–Kier alpha value is -1.06. The first-order chi connectivity index (χ1) is 8.27. The van der Waals surface area contributed by atoms with Crippen LogP contribution in [-0.2, 0) is 16.0 Å². The van der Waals surface area contributed by atoms with E-state index < -0.39 is 0 Å². The van der Waals surface area contributed by atoms with Gasteiger partial charge in [-0.3, -0.25) is 4.79 Å². The normalized spacial score (nSPS) is 15.9. The summed E-state index contributed by atoms with van der Waals surface area (Å²) in [5.41, 5.74) is 1.04. The number of carbonyl (C=O) groups is 1. The molecule has 1 aliphatic heterocycles. The highest BCUT2D eigenvalue weighted by atomic mass is 35.5. The number of carbonyl (C=O) groups excluding carboxylic acids is 1. The minimum Gasteiger partial charge on any atom is -0.378 e. The van der Waals surface area contributed by atoms with Crippen LogP contribution in [-0.4, -0.2) is 37.1 Å². The van der Waals surface area contributed by atoms with E-state index in [1.165, 1.54) is 0 Å². The highest BCUT2D eigenvalue weighted by Gasteiger charge is 2.16. The molecule has 0 radical (unpaired) electrons. The van der Waals surface area contributed by atoms with E-state index in [0.29, 0.717) is 39.1 Å². The summed E-state index contributed by atoms with van der Waals surface area (Å²) in [6, 6.07) is 7.67. The molecule has 1 amide bonds. The zero-order chi connectivity index (χ0) is 12.1. The van der Waals surface area contributed by atoms with Crippen LogP contribution in [0.2, 0.25) is 5.02 Å². The number of aryl methyl sites for hydroxylation is 1. The van der Waals surface area contributed by atoms with Crippen molar-refractivity contribution in [2.45, 2.75) is 12.8 Å². The molecule has 92 valence electrons. The summed E-state index contributed by atoms with van der Waals surface area (Å²) in [6.07, 6.45) is 1.22. The van der Waals surface area contributed by atoms with Crippen LogP contribution in [0.5, 0.6) is 0 Å². The van der Waals surface area contributed by atoms with Gasteiger partial charge >= 0.3 is 0 Å². The van der Waals surface area contributed by atoms with Gasteiger partial charge in [-0.05, 0) is 18.1 Å². The predicted molar refractivity (Wildman–Crippen MR) is 67.2 cm³/mol. The van der Waals surface area contributed by atoms with E-state index in [2.05, 4.69) is 0 Å². The Labute approximate surface area is 106 Å². The van der Waals surface area contributed by atoms with Gasteiger partial charge in [-0.2, -0.15) is 0 Å². The van der Waals surface area contributed by atoms with E-state index in [1.807, 2.05) is 29.2 Å². The van der Waals surface area contributed by atoms with E-state index in [1.54, 1.807) is 0 Å². The van der Waals surface area contributed by atoms with Gasteiger partial charge in [0.15, 0.2) is 0 Å². The Morgan fingerprint density at radius 1 is 1.29 bits per heavy atom. The molecule has 1 saturated heterocycles. The standard InChI is InChI=1S/C13H16ClNO2/c14-12-4-2-1-3-11(12)5-6-13(16)15-7-9-17-10-8-15/h1-4H,5-10H2. The Morgan fingerprint density at radius 3 is 2.71 bits per heavy atom. The van der Waals surface area contributed by atoms with Gasteiger partial charge in [0.1, 0.15) is 0 Å². The maximum absolute atomic E-state index is 11.9. The van der Waals surface area contributed by atoms with Crippen molar-refractivity contribution < 1.29 is 9.53 Å². The van der Waals surface area contributed by atoms with E-state index in [-0.39, 0.29) is 5.91 Å². The zero-order valence-electron chi connectivity index (χ0n) is 9.69. The lowest BCUT2D eigenvalue weighted by molar-refractivity contribution is -0.135. The number of benzene rings is 1. The molecule has 0 atom stereocenters. The van der Waals surface area contributed by atoms with Gasteiger partial charge < -0.3 is 9.64 Å². The highest BCUT2D eigenvalue weighted by Crippen LogP contribution is 2.17. The summed E-state index contributed by atoms with van der Waals surface area (Å²) in [5.74, 6) is 0.188. The van der Waals surface area contributed by atoms with E-state index in [9.17, 15) is 4.79 Å². The number of hydrogen-bond acceptors (Lipinski definition) is 2. The minimum absolute atomic E-state index is 0.188. The summed E-state index contributed by atoms with van der Waals surface area (Å²) in [5, 5.41) is 0.738. The molecule has 0 saturated carbocycles. The van der Waals surface area contributed by atoms with E-state index in [0.717, 1.165) is 10.6 Å². The van der Waals surface area contributed by atoms with Crippen molar-refractivity contribution in [1.82, 2.24) is 4.90 Å². The van der Waals surface area contributed by atoms with Gasteiger partial charge in [0.25, 0.3) is 0 Å². The Bertz CT molecular complexity index is 389. The van der Waals surface area contributed by atoms with Crippen LogP contribution in [0.3, 0.4) is 0 Å². The second kappa shape index (κ2) is 6.03. The number of morpholine rings is 1. The summed E-state index contributed by atoms with van der Waals surface area (Å²) < 4.78 is 5.22. The van der Waals surface area contributed by atoms with Crippen LogP contribution in [0.15, 0.2) is 24.3 Å². The van der Waals surface area contributed by atoms with Gasteiger partial charge in [-0.1, -0.05) is 29.8 Å². The van der Waals surface area contributed by atoms with Crippen molar-refractivity contribution in [3.05, 3.63) is 34.9 Å². The van der Waals surface area contributed by atoms with Gasteiger partial charge in [0.2, 0.25) is 5.91 Å². The van der Waals surface area contributed by atoms with Crippen LogP contribution in [0.4, 0.5) is 0 Å². The Kier molecular flexibility index (Phi) is 4.40. The molecule has 17 heavy (non-hydrogen) atoms. The molecule has 0 bridgehead atoms. The average molecular weight is 254 g/mol. The van der Waals surface area contributed by atoms with E-state index in [4.69, 9.17) is 16.3 Å². The molecule has 1 aromatic rings. The van der Waals surface area contributed by atoms with Crippen molar-refractivity contribution in [3.8, 4) is 0 Å². The van der Waals surface area contributed by atoms with Crippen molar-refractivity contribution in [2.75, 3.05) is 26.3 Å². The molecule has 0 spiro atoms. The summed E-state index contributed by atoms with van der Waals surface area (Å²) in [4.78, 5) is 13.8. The maximum Gasteiger partial charge on any atom is 0.223 e. The molecule has 4 heteroatoms. The zero-order valence-corrected chi connectivity index (χ0v) is 10.4. The maximum atomic E-state index is 11.9. The van der Waals surface area contributed by atoms with Crippen LogP contribution in [0.25, 0.3) is 0 Å². The fraction of sp³-hybridized carbons (Fsp3) is 0.462. The third kappa shape index (κ3) is 3.45. The number of ether oxygens (including phenoxy) is 1. The summed E-state index contributed by atoms with van der Waals surface area (Å²) >= 11 is 6.05. The number of rotatable bonds is 3. The molecule has 1 aliphatic rings. The second-order valence-electron chi connectivity index (χ2n) is 4.08. The molecule has 2 rings (SSSR count). The second-order valence-corrected chi connectivity index (χ2v) is 4.49. The van der Waals surface area contributed by atoms with Crippen molar-refractivity contribution in [1.29, 1.82) is 0 Å². The largest absolute Gasteiger partial charge is 0.378 e. The number of hydrogen-bond donors (Lipinski definition) is 0. The van der Waals surface area contributed by atoms with Crippen molar-refractivity contribution in [3.63, 3.8) is 0 Å². The quantitative estimate of drug-likeness (QED) is 0.826. The molecule has 0 unspecified atom stereocenters. The molecule has 0 aromatic heterocycles. The SMILES string of the molecule is O=C(CCc1ccccc1Cl)N1CCOCC1. The van der Waals surface area contributed by atoms with Gasteiger partial charge in [0, 0.05) is 24.5 Å². The number of nitrogens with zero attached hydrogens (tertiary/aromatic N) is 1. The third-order valence-electron chi connectivity index (χ3n) is 2.93. The van der Waals surface area contributed by atoms with Crippen LogP contribution in [0, 0.1) is 0 Å². The highest BCUT2D eigenvalue weighted by molar-refractivity contribution is 6.31. The lowest BCUT2D eigenvalue weighted by Gasteiger charge is -2.26. The van der Waals surface area contributed by atoms with Gasteiger partial charge in [0.05, 0.1) is 13.2 Å². The number of halogens is 1. The first kappa shape index (κ1) is 12.4. The molecule has 0 aliphatic carbocycles. The van der Waals surface area contributed by atoms with Crippen molar-refractivity contribution in [2.24, 2.45) is 0 Å². The molecule has 1 heterocycles. The fourth-order valence-corrected chi connectivity index (χ4v) is 2.14. The fourth-order valence-electron chi connectivity index (χ4n) is 1.91. The smallest absolute Gasteiger partial charge is 0.223 e. The van der Waals surface area contributed by atoms with Crippen LogP contribution in [0.1, 0.15) is 12.0 Å². The first-order valence-electron chi connectivity index (χ1n) is 5.86. The number of amides is 1. The molecule has 1 fully saturated rings. The third-order valence-corrected chi connectivity index (χ3v) is 3.30. The van der Waals surface area contributed by atoms with Crippen LogP contribution < -0.4 is 0 Å². The molecule has 0 N–H and O–H groups in total. The molecule has 1 aromatic carbocycles. The predicted octanol–water partition coefficient (Wildman–Crippen LogP) is 2.13. The molecular formula is C13H16ClNO2. The molecule has 3 nitrogen and oxygen atoms in total. The minimum atomic E-state index is 0.188. The summed E-state index contributed by atoms with van der Waals surface area (Å²) in [7, 11) is 0. The Balaban J connectivity index is 1.85. The lowest BCUT2D eigenvalue weighted by Crippen LogP contribution is -2.40. The monoisotopic (exact) mass is 253 g/mol. The summed E-state index contributed by atoms with van der Waals surface area (Å²) in [6.45, 7) is 2.72. The Morgan fingerprint density at radius 2 is 2.00 bits per heavy atom. The average Bonchev–Trinajstić information content (AvgIpc) is 2.38. The van der Waals surface area contributed by atoms with Gasteiger partial charge in [-0.15, -0.1) is 0 Å². The first-order valence-corrected chi connectivity index (χ1v) is 6.24. The van der Waals surface area contributed by atoms with E-state index >= 15 is 0 Å². The van der Waals surface area contributed by atoms with Crippen LogP contribution >= 0.6 is 11.6 Å². The topological polar surface area (TPSA) is 29.5 Å².